The molecule has 1 unspecified atom stereocenters. The van der Waals surface area contributed by atoms with Crippen molar-refractivity contribution in [1.82, 2.24) is 0 Å². The lowest BCUT2D eigenvalue weighted by atomic mass is 9.91. The summed E-state index contributed by atoms with van der Waals surface area (Å²) in [6.07, 6.45) is 6.85. The second-order valence-corrected chi connectivity index (χ2v) is 3.73. The van der Waals surface area contributed by atoms with Crippen LogP contribution in [0, 0.1) is 24.2 Å². The van der Waals surface area contributed by atoms with Crippen LogP contribution in [0.1, 0.15) is 33.1 Å². The van der Waals surface area contributed by atoms with Crippen molar-refractivity contribution in [1.29, 1.82) is 0 Å². The predicted molar refractivity (Wildman–Crippen MR) is 58.0 cm³/mol. The van der Waals surface area contributed by atoms with Crippen LogP contribution in [0.2, 0.25) is 0 Å². The van der Waals surface area contributed by atoms with Gasteiger partial charge in [0.05, 0.1) is 7.11 Å². The topological polar surface area (TPSA) is 43.4 Å². The van der Waals surface area contributed by atoms with Gasteiger partial charge in [0.1, 0.15) is 11.7 Å². The Hall–Kier alpha value is -1.30. The zero-order chi connectivity index (χ0) is 11.8. The van der Waals surface area contributed by atoms with Crippen LogP contribution >= 0.6 is 0 Å². The van der Waals surface area contributed by atoms with Gasteiger partial charge >= 0.3 is 5.97 Å². The fourth-order valence-corrected chi connectivity index (χ4v) is 1.33. The van der Waals surface area contributed by atoms with E-state index in [1.807, 2.05) is 0 Å². The third-order valence-corrected chi connectivity index (χ3v) is 2.21. The molecule has 0 aliphatic heterocycles. The molecule has 0 aliphatic carbocycles. The Labute approximate surface area is 91.2 Å². The Balaban J connectivity index is 4.39. The molecule has 0 heterocycles. The van der Waals surface area contributed by atoms with Gasteiger partial charge in [-0.15, -0.1) is 12.3 Å². The minimum atomic E-state index is -0.650. The Morgan fingerprint density at radius 3 is 2.40 bits per heavy atom. The predicted octanol–water partition coefficient (Wildman–Crippen LogP) is 1.80. The number of esters is 1. The highest BCUT2D eigenvalue weighted by Gasteiger charge is 2.28. The van der Waals surface area contributed by atoms with Crippen molar-refractivity contribution in [2.75, 3.05) is 7.11 Å². The fourth-order valence-electron chi connectivity index (χ4n) is 1.33. The zero-order valence-electron chi connectivity index (χ0n) is 9.58. The van der Waals surface area contributed by atoms with E-state index >= 15 is 0 Å². The van der Waals surface area contributed by atoms with E-state index in [2.05, 4.69) is 10.7 Å². The van der Waals surface area contributed by atoms with Crippen LogP contribution in [0.25, 0.3) is 0 Å². The molecular weight excluding hydrogens is 192 g/mol. The maximum absolute atomic E-state index is 11.7. The first-order chi connectivity index (χ1) is 7.04. The maximum atomic E-state index is 11.7. The van der Waals surface area contributed by atoms with Gasteiger partial charge in [0, 0.05) is 12.3 Å². The van der Waals surface area contributed by atoms with Crippen LogP contribution in [-0.2, 0) is 14.3 Å². The first kappa shape index (κ1) is 13.7. The minimum absolute atomic E-state index is 0.0705. The molecule has 0 spiro atoms. The van der Waals surface area contributed by atoms with E-state index in [9.17, 15) is 9.59 Å². The van der Waals surface area contributed by atoms with Crippen molar-refractivity contribution in [2.24, 2.45) is 11.8 Å². The van der Waals surface area contributed by atoms with Gasteiger partial charge < -0.3 is 4.74 Å². The molecule has 3 heteroatoms. The smallest absolute Gasteiger partial charge is 0.316 e. The van der Waals surface area contributed by atoms with Crippen molar-refractivity contribution < 1.29 is 14.3 Å². The molecule has 0 fully saturated rings. The molecule has 3 nitrogen and oxygen atoms in total. The van der Waals surface area contributed by atoms with E-state index in [-0.39, 0.29) is 11.7 Å². The van der Waals surface area contributed by atoms with Crippen LogP contribution in [0.15, 0.2) is 0 Å². The Bertz CT molecular complexity index is 261. The maximum Gasteiger partial charge on any atom is 0.316 e. The number of carbonyl (C=O) groups is 2. The number of hydrogen-bond donors (Lipinski definition) is 0. The van der Waals surface area contributed by atoms with Gasteiger partial charge in [0.2, 0.25) is 0 Å². The zero-order valence-corrected chi connectivity index (χ0v) is 9.58. The fraction of sp³-hybridized carbons (Fsp3) is 0.667. The molecule has 0 amide bonds. The van der Waals surface area contributed by atoms with Crippen LogP contribution in [-0.4, -0.2) is 18.9 Å². The summed E-state index contributed by atoms with van der Waals surface area (Å²) in [6, 6.07) is 0. The molecule has 0 radical (unpaired) electrons. The summed E-state index contributed by atoms with van der Waals surface area (Å²) in [5.41, 5.74) is 0. The molecule has 15 heavy (non-hydrogen) atoms. The summed E-state index contributed by atoms with van der Waals surface area (Å²) in [5, 5.41) is 0. The van der Waals surface area contributed by atoms with E-state index in [0.29, 0.717) is 19.3 Å². The van der Waals surface area contributed by atoms with Crippen LogP contribution in [0.5, 0.6) is 0 Å². The van der Waals surface area contributed by atoms with E-state index < -0.39 is 11.9 Å². The van der Waals surface area contributed by atoms with Gasteiger partial charge in [-0.3, -0.25) is 9.59 Å². The van der Waals surface area contributed by atoms with Gasteiger partial charge in [-0.1, -0.05) is 13.8 Å². The number of hydrogen-bond acceptors (Lipinski definition) is 3. The summed E-state index contributed by atoms with van der Waals surface area (Å²) in [7, 11) is 1.30. The van der Waals surface area contributed by atoms with E-state index in [4.69, 9.17) is 6.42 Å². The Morgan fingerprint density at radius 2 is 2.00 bits per heavy atom. The number of terminal acetylenes is 1. The molecule has 0 saturated heterocycles. The number of ether oxygens (including phenoxy) is 1. The molecule has 0 N–H and O–H groups in total. The van der Waals surface area contributed by atoms with Gasteiger partial charge in [-0.2, -0.15) is 0 Å². The first-order valence-corrected chi connectivity index (χ1v) is 5.09. The average Bonchev–Trinajstić information content (AvgIpc) is 2.22. The second kappa shape index (κ2) is 7.05. The highest BCUT2D eigenvalue weighted by atomic mass is 16.5. The lowest BCUT2D eigenvalue weighted by Gasteiger charge is -2.14. The van der Waals surface area contributed by atoms with Crippen LogP contribution < -0.4 is 0 Å². The molecule has 0 aromatic rings. The van der Waals surface area contributed by atoms with E-state index in [0.717, 1.165) is 0 Å². The number of rotatable bonds is 6. The molecule has 84 valence electrons. The average molecular weight is 210 g/mol. The summed E-state index contributed by atoms with van der Waals surface area (Å²) in [6.45, 7) is 3.55. The SMILES string of the molecule is C#CCCCC(C(=O)OC)C(=O)C(C)C. The summed E-state index contributed by atoms with van der Waals surface area (Å²) in [5.74, 6) is 1.16. The molecule has 0 bridgehead atoms. The number of carbonyl (C=O) groups excluding carboxylic acids is 2. The Kier molecular flexibility index (Phi) is 6.44. The standard InChI is InChI=1S/C12H18O3/c1-5-6-7-8-10(12(14)15-4)11(13)9(2)3/h1,9-10H,6-8H2,2-4H3. The van der Waals surface area contributed by atoms with Crippen molar-refractivity contribution in [3.05, 3.63) is 0 Å². The Morgan fingerprint density at radius 1 is 1.40 bits per heavy atom. The number of ketones is 1. The van der Waals surface area contributed by atoms with Gasteiger partial charge in [-0.05, 0) is 12.8 Å². The monoisotopic (exact) mass is 210 g/mol. The number of unbranched alkanes of at least 4 members (excludes halogenated alkanes) is 1. The largest absolute Gasteiger partial charge is 0.468 e. The van der Waals surface area contributed by atoms with Crippen molar-refractivity contribution in [3.8, 4) is 12.3 Å². The van der Waals surface area contributed by atoms with Crippen molar-refractivity contribution >= 4 is 11.8 Å². The summed E-state index contributed by atoms with van der Waals surface area (Å²) < 4.78 is 4.60. The molecule has 1 atom stereocenters. The van der Waals surface area contributed by atoms with E-state index in [1.165, 1.54) is 7.11 Å². The minimum Gasteiger partial charge on any atom is -0.468 e. The van der Waals surface area contributed by atoms with Crippen LogP contribution in [0.4, 0.5) is 0 Å². The molecule has 0 aliphatic rings. The van der Waals surface area contributed by atoms with E-state index in [1.54, 1.807) is 13.8 Å². The third kappa shape index (κ3) is 4.64. The van der Waals surface area contributed by atoms with Gasteiger partial charge in [0.25, 0.3) is 0 Å². The second-order valence-electron chi connectivity index (χ2n) is 3.73. The number of Topliss-reactive ketones (excluding diaryl/α,β-unsaturated/α-hetero) is 1. The lowest BCUT2D eigenvalue weighted by molar-refractivity contribution is -0.150. The highest BCUT2D eigenvalue weighted by molar-refractivity contribution is 5.99. The van der Waals surface area contributed by atoms with Crippen molar-refractivity contribution in [2.45, 2.75) is 33.1 Å². The number of methoxy groups -OCH3 is 1. The molecule has 0 rings (SSSR count). The highest BCUT2D eigenvalue weighted by Crippen LogP contribution is 2.16. The first-order valence-electron chi connectivity index (χ1n) is 5.09. The van der Waals surface area contributed by atoms with Crippen LogP contribution in [0.3, 0.4) is 0 Å². The van der Waals surface area contributed by atoms with Gasteiger partial charge in [0.15, 0.2) is 0 Å². The molecular formula is C12H18O3. The molecule has 0 saturated carbocycles. The lowest BCUT2D eigenvalue weighted by Crippen LogP contribution is -2.28. The summed E-state index contributed by atoms with van der Waals surface area (Å²) in [4.78, 5) is 23.0. The van der Waals surface area contributed by atoms with Crippen molar-refractivity contribution in [3.63, 3.8) is 0 Å². The normalized spacial score (nSPS) is 11.9. The van der Waals surface area contributed by atoms with Gasteiger partial charge in [-0.25, -0.2) is 0 Å². The summed E-state index contributed by atoms with van der Waals surface area (Å²) >= 11 is 0. The third-order valence-electron chi connectivity index (χ3n) is 2.21. The molecule has 0 aromatic heterocycles. The molecule has 0 aromatic carbocycles. The quantitative estimate of drug-likeness (QED) is 0.290.